The van der Waals surface area contributed by atoms with Gasteiger partial charge in [0.05, 0.1) is 5.69 Å². The number of rotatable bonds is 4. The molecule has 0 unspecified atom stereocenters. The number of pyridine rings is 1. The summed E-state index contributed by atoms with van der Waals surface area (Å²) in [5.41, 5.74) is 1.47. The Kier molecular flexibility index (Phi) is 4.28. The SMILES string of the molecule is O=C(C=CN1CCCC1)c1ccc(-c2ccccc2F)nc1. The molecule has 4 heteroatoms. The molecule has 3 nitrogen and oxygen atoms in total. The molecule has 0 radical (unpaired) electrons. The first-order valence-electron chi connectivity index (χ1n) is 7.41. The fraction of sp³-hybridized carbons (Fsp3) is 0.222. The van der Waals surface area contributed by atoms with Gasteiger partial charge in [-0.15, -0.1) is 0 Å². The number of benzene rings is 1. The van der Waals surface area contributed by atoms with Gasteiger partial charge in [0.1, 0.15) is 5.82 Å². The fourth-order valence-corrected chi connectivity index (χ4v) is 2.53. The van der Waals surface area contributed by atoms with Crippen LogP contribution in [0, 0.1) is 5.82 Å². The van der Waals surface area contributed by atoms with Crippen molar-refractivity contribution in [2.75, 3.05) is 13.1 Å². The monoisotopic (exact) mass is 296 g/mol. The van der Waals surface area contributed by atoms with E-state index in [1.165, 1.54) is 25.1 Å². The number of aromatic nitrogens is 1. The van der Waals surface area contributed by atoms with Crippen LogP contribution in [0.2, 0.25) is 0 Å². The standard InChI is InChI=1S/C18H17FN2O/c19-16-6-2-1-5-15(16)17-8-7-14(13-20-17)18(22)9-12-21-10-3-4-11-21/h1-2,5-9,12-13H,3-4,10-11H2. The van der Waals surface area contributed by atoms with Crippen LogP contribution in [-0.4, -0.2) is 28.8 Å². The topological polar surface area (TPSA) is 33.2 Å². The molecule has 1 aromatic heterocycles. The van der Waals surface area contributed by atoms with Crippen molar-refractivity contribution in [3.8, 4) is 11.3 Å². The third-order valence-electron chi connectivity index (χ3n) is 3.78. The summed E-state index contributed by atoms with van der Waals surface area (Å²) in [4.78, 5) is 18.4. The number of allylic oxidation sites excluding steroid dienone is 1. The average molecular weight is 296 g/mol. The molecule has 1 aromatic carbocycles. The van der Waals surface area contributed by atoms with Crippen LogP contribution in [0.25, 0.3) is 11.3 Å². The fourth-order valence-electron chi connectivity index (χ4n) is 2.53. The number of ketones is 1. The van der Waals surface area contributed by atoms with Crippen LogP contribution in [0.4, 0.5) is 4.39 Å². The summed E-state index contributed by atoms with van der Waals surface area (Å²) in [6.07, 6.45) is 7.28. The van der Waals surface area contributed by atoms with Gasteiger partial charge in [0.2, 0.25) is 0 Å². The Morgan fingerprint density at radius 3 is 2.59 bits per heavy atom. The highest BCUT2D eigenvalue weighted by molar-refractivity contribution is 6.04. The maximum absolute atomic E-state index is 13.7. The Balaban J connectivity index is 1.73. The van der Waals surface area contributed by atoms with Gasteiger partial charge in [-0.2, -0.15) is 0 Å². The van der Waals surface area contributed by atoms with Gasteiger partial charge in [-0.25, -0.2) is 4.39 Å². The molecule has 1 saturated heterocycles. The van der Waals surface area contributed by atoms with Gasteiger partial charge in [0.25, 0.3) is 0 Å². The van der Waals surface area contributed by atoms with Crippen LogP contribution in [0.15, 0.2) is 54.9 Å². The van der Waals surface area contributed by atoms with E-state index in [4.69, 9.17) is 0 Å². The Morgan fingerprint density at radius 2 is 1.91 bits per heavy atom. The summed E-state index contributed by atoms with van der Waals surface area (Å²) in [7, 11) is 0. The molecule has 0 bridgehead atoms. The lowest BCUT2D eigenvalue weighted by molar-refractivity contribution is 0.104. The predicted molar refractivity (Wildman–Crippen MR) is 83.9 cm³/mol. The summed E-state index contributed by atoms with van der Waals surface area (Å²) in [5, 5.41) is 0. The van der Waals surface area contributed by atoms with Gasteiger partial charge in [-0.05, 0) is 37.1 Å². The average Bonchev–Trinajstić information content (AvgIpc) is 3.07. The van der Waals surface area contributed by atoms with Gasteiger partial charge < -0.3 is 4.90 Å². The van der Waals surface area contributed by atoms with E-state index >= 15 is 0 Å². The van der Waals surface area contributed by atoms with E-state index in [1.807, 2.05) is 6.20 Å². The summed E-state index contributed by atoms with van der Waals surface area (Å²) in [5.74, 6) is -0.400. The molecular formula is C18H17FN2O. The van der Waals surface area contributed by atoms with Crippen molar-refractivity contribution in [1.82, 2.24) is 9.88 Å². The van der Waals surface area contributed by atoms with Crippen molar-refractivity contribution in [1.29, 1.82) is 0 Å². The molecule has 1 aliphatic rings. The van der Waals surface area contributed by atoms with E-state index < -0.39 is 0 Å². The van der Waals surface area contributed by atoms with E-state index in [0.717, 1.165) is 13.1 Å². The van der Waals surface area contributed by atoms with Gasteiger partial charge in [0, 0.05) is 42.7 Å². The van der Waals surface area contributed by atoms with E-state index in [9.17, 15) is 9.18 Å². The van der Waals surface area contributed by atoms with Gasteiger partial charge in [0.15, 0.2) is 5.78 Å². The smallest absolute Gasteiger partial charge is 0.188 e. The molecule has 112 valence electrons. The maximum Gasteiger partial charge on any atom is 0.188 e. The van der Waals surface area contributed by atoms with Gasteiger partial charge in [-0.1, -0.05) is 12.1 Å². The molecule has 0 amide bonds. The predicted octanol–water partition coefficient (Wildman–Crippen LogP) is 3.68. The van der Waals surface area contributed by atoms with Crippen LogP contribution in [-0.2, 0) is 0 Å². The lowest BCUT2D eigenvalue weighted by atomic mass is 10.1. The Hall–Kier alpha value is -2.49. The minimum atomic E-state index is -0.317. The van der Waals surface area contributed by atoms with Crippen molar-refractivity contribution >= 4 is 5.78 Å². The van der Waals surface area contributed by atoms with E-state index in [1.54, 1.807) is 36.4 Å². The highest BCUT2D eigenvalue weighted by Crippen LogP contribution is 2.20. The Bertz CT molecular complexity index is 688. The molecule has 1 fully saturated rings. The summed E-state index contributed by atoms with van der Waals surface area (Å²) >= 11 is 0. The highest BCUT2D eigenvalue weighted by Gasteiger charge is 2.09. The number of nitrogens with zero attached hydrogens (tertiary/aromatic N) is 2. The number of halogens is 1. The van der Waals surface area contributed by atoms with Crippen LogP contribution >= 0.6 is 0 Å². The molecule has 0 aliphatic carbocycles. The highest BCUT2D eigenvalue weighted by atomic mass is 19.1. The third kappa shape index (κ3) is 3.22. The third-order valence-corrected chi connectivity index (χ3v) is 3.78. The first kappa shape index (κ1) is 14.4. The van der Waals surface area contributed by atoms with Gasteiger partial charge >= 0.3 is 0 Å². The summed E-state index contributed by atoms with van der Waals surface area (Å²) in [6.45, 7) is 2.02. The molecule has 0 atom stereocenters. The van der Waals surface area contributed by atoms with E-state index in [2.05, 4.69) is 9.88 Å². The zero-order valence-corrected chi connectivity index (χ0v) is 12.2. The molecular weight excluding hydrogens is 279 g/mol. The Morgan fingerprint density at radius 1 is 1.14 bits per heavy atom. The first-order valence-corrected chi connectivity index (χ1v) is 7.41. The molecule has 3 rings (SSSR count). The van der Waals surface area contributed by atoms with Crippen molar-refractivity contribution in [3.05, 3.63) is 66.3 Å². The van der Waals surface area contributed by atoms with Crippen molar-refractivity contribution < 1.29 is 9.18 Å². The maximum atomic E-state index is 13.7. The zero-order valence-electron chi connectivity index (χ0n) is 12.2. The lowest BCUT2D eigenvalue weighted by Crippen LogP contribution is -2.11. The quantitative estimate of drug-likeness (QED) is 0.637. The summed E-state index contributed by atoms with van der Waals surface area (Å²) in [6, 6.07) is 9.83. The second kappa shape index (κ2) is 6.52. The van der Waals surface area contributed by atoms with Crippen molar-refractivity contribution in [2.24, 2.45) is 0 Å². The molecule has 22 heavy (non-hydrogen) atoms. The van der Waals surface area contributed by atoms with Crippen molar-refractivity contribution in [3.63, 3.8) is 0 Å². The summed E-state index contributed by atoms with van der Waals surface area (Å²) < 4.78 is 13.7. The van der Waals surface area contributed by atoms with Crippen LogP contribution in [0.3, 0.4) is 0 Å². The Labute approximate surface area is 129 Å². The number of carbonyl (C=O) groups excluding carboxylic acids is 1. The van der Waals surface area contributed by atoms with E-state index in [0.29, 0.717) is 16.8 Å². The minimum Gasteiger partial charge on any atom is -0.377 e. The second-order valence-corrected chi connectivity index (χ2v) is 5.34. The molecule has 2 aromatic rings. The number of likely N-dealkylation sites (tertiary alicyclic amines) is 1. The molecule has 0 spiro atoms. The van der Waals surface area contributed by atoms with Crippen LogP contribution in [0.1, 0.15) is 23.2 Å². The molecule has 0 N–H and O–H groups in total. The molecule has 2 heterocycles. The number of hydrogen-bond donors (Lipinski definition) is 0. The van der Waals surface area contributed by atoms with Crippen LogP contribution < -0.4 is 0 Å². The zero-order chi connectivity index (χ0) is 15.4. The lowest BCUT2D eigenvalue weighted by Gasteiger charge is -2.09. The first-order chi connectivity index (χ1) is 10.7. The molecule has 0 saturated carbocycles. The molecule has 1 aliphatic heterocycles. The van der Waals surface area contributed by atoms with E-state index in [-0.39, 0.29) is 11.6 Å². The van der Waals surface area contributed by atoms with Gasteiger partial charge in [-0.3, -0.25) is 9.78 Å². The van der Waals surface area contributed by atoms with Crippen molar-refractivity contribution in [2.45, 2.75) is 12.8 Å². The largest absolute Gasteiger partial charge is 0.377 e. The number of carbonyl (C=O) groups is 1. The minimum absolute atomic E-state index is 0.0838. The van der Waals surface area contributed by atoms with Crippen LogP contribution in [0.5, 0.6) is 0 Å². The number of hydrogen-bond acceptors (Lipinski definition) is 3. The second-order valence-electron chi connectivity index (χ2n) is 5.34. The normalized spacial score (nSPS) is 14.7.